The first-order valence-electron chi connectivity index (χ1n) is 16.6. The lowest BCUT2D eigenvalue weighted by molar-refractivity contribution is -0.150. The van der Waals surface area contributed by atoms with Crippen molar-refractivity contribution in [2.24, 2.45) is 5.73 Å². The molecule has 3 unspecified atom stereocenters. The van der Waals surface area contributed by atoms with Gasteiger partial charge in [0.2, 0.25) is 23.6 Å². The van der Waals surface area contributed by atoms with E-state index in [1.807, 2.05) is 54.6 Å². The van der Waals surface area contributed by atoms with Crippen LogP contribution in [0.1, 0.15) is 43.2 Å². The second-order valence-electron chi connectivity index (χ2n) is 12.3. The molecule has 7 N–H and O–H groups in total. The van der Waals surface area contributed by atoms with Crippen molar-refractivity contribution in [1.82, 2.24) is 30.7 Å². The van der Waals surface area contributed by atoms with Crippen molar-refractivity contribution in [2.45, 2.75) is 69.1 Å². The van der Waals surface area contributed by atoms with Gasteiger partial charge < -0.3 is 41.6 Å². The van der Waals surface area contributed by atoms with Crippen LogP contribution >= 0.6 is 11.6 Å². The maximum absolute atomic E-state index is 14.2. The Hall–Kier alpha value is -5.11. The second-order valence-corrected chi connectivity index (χ2v) is 12.6. The molecule has 0 spiro atoms. The SMILES string of the molecule is CN(C(=O)CCl)C(Cc1ccccc1)C(=O)N1CCCC[C@H]1C(=O)NC(Cc1c[nH]c2ccccc12)C(=O)NC(CCCNC(N)=O)C(=O)O. The summed E-state index contributed by atoms with van der Waals surface area (Å²) in [5, 5.41) is 18.4. The predicted octanol–water partition coefficient (Wildman–Crippen LogP) is 1.90. The van der Waals surface area contributed by atoms with Crippen LogP contribution in [0.3, 0.4) is 0 Å². The molecule has 15 heteroatoms. The number of fused-ring (bicyclic) bond motifs is 1. The molecule has 1 aliphatic heterocycles. The third-order valence-corrected chi connectivity index (χ3v) is 9.16. The number of carbonyl (C=O) groups excluding carboxylic acids is 5. The number of nitrogens with zero attached hydrogens (tertiary/aromatic N) is 2. The van der Waals surface area contributed by atoms with Gasteiger partial charge in [-0.2, -0.15) is 0 Å². The van der Waals surface area contributed by atoms with Crippen LogP contribution in [0.15, 0.2) is 60.8 Å². The Bertz CT molecular complexity index is 1670. The standard InChI is InChI=1S/C35H44ClN7O7/c1-42(30(44)20-36)29(18-22-10-3-2-4-11-22)33(47)43-17-8-7-15-28(43)32(46)41-27(19-23-21-39-25-13-6-5-12-24(23)25)31(45)40-26(34(48)49)14-9-16-38-35(37)50/h2-6,10-13,21,26-29,39H,7-9,14-20H2,1H3,(H,40,45)(H,41,46)(H,48,49)(H3,37,38,50)/t26?,27?,28-,29?/m0/s1. The Morgan fingerprint density at radius 2 is 1.72 bits per heavy atom. The Labute approximate surface area is 295 Å². The molecule has 0 radical (unpaired) electrons. The molecule has 3 aromatic rings. The van der Waals surface area contributed by atoms with Crippen molar-refractivity contribution in [2.75, 3.05) is 26.0 Å². The number of nitrogens with one attached hydrogen (secondary N) is 4. The molecule has 1 saturated heterocycles. The van der Waals surface area contributed by atoms with E-state index in [1.165, 1.54) is 16.8 Å². The number of amides is 6. The molecule has 1 aliphatic rings. The Morgan fingerprint density at radius 1 is 1.00 bits per heavy atom. The Morgan fingerprint density at radius 3 is 2.42 bits per heavy atom. The van der Waals surface area contributed by atoms with Crippen LogP contribution in [0.25, 0.3) is 10.9 Å². The van der Waals surface area contributed by atoms with E-state index in [9.17, 15) is 33.9 Å². The lowest BCUT2D eigenvalue weighted by Crippen LogP contribution is -2.60. The van der Waals surface area contributed by atoms with Crippen molar-refractivity contribution in [3.05, 3.63) is 71.9 Å². The number of aromatic nitrogens is 1. The first-order valence-corrected chi connectivity index (χ1v) is 17.1. The molecule has 2 heterocycles. The van der Waals surface area contributed by atoms with E-state index in [2.05, 4.69) is 20.9 Å². The number of hydrogen-bond acceptors (Lipinski definition) is 6. The predicted molar refractivity (Wildman–Crippen MR) is 187 cm³/mol. The highest BCUT2D eigenvalue weighted by Crippen LogP contribution is 2.23. The van der Waals surface area contributed by atoms with Crippen LogP contribution in [-0.2, 0) is 36.8 Å². The first kappa shape index (κ1) is 37.7. The maximum Gasteiger partial charge on any atom is 0.326 e. The van der Waals surface area contributed by atoms with Gasteiger partial charge in [0.1, 0.15) is 30.0 Å². The van der Waals surface area contributed by atoms with E-state index >= 15 is 0 Å². The summed E-state index contributed by atoms with van der Waals surface area (Å²) >= 11 is 5.87. The molecule has 2 aromatic carbocycles. The van der Waals surface area contributed by atoms with Gasteiger partial charge in [-0.3, -0.25) is 19.2 Å². The lowest BCUT2D eigenvalue weighted by Gasteiger charge is -2.39. The molecule has 268 valence electrons. The van der Waals surface area contributed by atoms with Gasteiger partial charge in [-0.1, -0.05) is 48.5 Å². The smallest absolute Gasteiger partial charge is 0.326 e. The zero-order chi connectivity index (χ0) is 36.2. The summed E-state index contributed by atoms with van der Waals surface area (Å²) in [7, 11) is 1.51. The van der Waals surface area contributed by atoms with Crippen LogP contribution in [0, 0.1) is 0 Å². The van der Waals surface area contributed by atoms with Gasteiger partial charge in [0.15, 0.2) is 0 Å². The van der Waals surface area contributed by atoms with Crippen molar-refractivity contribution in [1.29, 1.82) is 0 Å². The lowest BCUT2D eigenvalue weighted by atomic mass is 9.96. The van der Waals surface area contributed by atoms with E-state index in [1.54, 1.807) is 6.20 Å². The number of benzene rings is 2. The molecule has 4 rings (SSSR count). The van der Waals surface area contributed by atoms with Crippen LogP contribution in [0.4, 0.5) is 4.79 Å². The third kappa shape index (κ3) is 9.97. The van der Waals surface area contributed by atoms with E-state index in [0.29, 0.717) is 19.3 Å². The van der Waals surface area contributed by atoms with E-state index in [-0.39, 0.29) is 44.7 Å². The van der Waals surface area contributed by atoms with E-state index in [0.717, 1.165) is 22.0 Å². The quantitative estimate of drug-likeness (QED) is 0.0961. The maximum atomic E-state index is 14.2. The van der Waals surface area contributed by atoms with Crippen molar-refractivity contribution < 1.29 is 33.9 Å². The largest absolute Gasteiger partial charge is 0.480 e. The number of urea groups is 1. The molecular formula is C35H44ClN7O7. The van der Waals surface area contributed by atoms with Gasteiger partial charge in [0.05, 0.1) is 0 Å². The zero-order valence-corrected chi connectivity index (χ0v) is 28.7. The minimum Gasteiger partial charge on any atom is -0.480 e. The molecule has 0 saturated carbocycles. The number of aliphatic carboxylic acids is 1. The molecule has 6 amide bonds. The molecule has 0 aliphatic carbocycles. The number of para-hydroxylation sites is 1. The average Bonchev–Trinajstić information content (AvgIpc) is 3.53. The molecule has 14 nitrogen and oxygen atoms in total. The molecule has 50 heavy (non-hydrogen) atoms. The zero-order valence-electron chi connectivity index (χ0n) is 27.9. The number of aromatic amines is 1. The molecule has 4 atom stereocenters. The van der Waals surface area contributed by atoms with E-state index < -0.39 is 59.8 Å². The summed E-state index contributed by atoms with van der Waals surface area (Å²) in [4.78, 5) is 83.8. The molecule has 1 fully saturated rings. The summed E-state index contributed by atoms with van der Waals surface area (Å²) in [6.07, 6.45) is 3.82. The summed E-state index contributed by atoms with van der Waals surface area (Å²) in [5.74, 6) is -3.74. The summed E-state index contributed by atoms with van der Waals surface area (Å²) < 4.78 is 0. The molecule has 0 bridgehead atoms. The van der Waals surface area contributed by atoms with Crippen LogP contribution in [0.2, 0.25) is 0 Å². The topological polar surface area (TPSA) is 207 Å². The fourth-order valence-corrected chi connectivity index (χ4v) is 6.39. The summed E-state index contributed by atoms with van der Waals surface area (Å²) in [6.45, 7) is 0.387. The van der Waals surface area contributed by atoms with Crippen molar-refractivity contribution in [3.63, 3.8) is 0 Å². The Balaban J connectivity index is 1.58. The number of alkyl halides is 1. The van der Waals surface area contributed by atoms with Crippen LogP contribution < -0.4 is 21.7 Å². The highest BCUT2D eigenvalue weighted by molar-refractivity contribution is 6.27. The number of rotatable bonds is 16. The monoisotopic (exact) mass is 709 g/mol. The third-order valence-electron chi connectivity index (χ3n) is 8.94. The number of carboxylic acids is 1. The van der Waals surface area contributed by atoms with Gasteiger partial charge in [-0.05, 0) is 49.3 Å². The van der Waals surface area contributed by atoms with Gasteiger partial charge >= 0.3 is 12.0 Å². The molecule has 1 aromatic heterocycles. The number of halogens is 1. The number of primary amides is 1. The van der Waals surface area contributed by atoms with E-state index in [4.69, 9.17) is 17.3 Å². The number of likely N-dealkylation sites (tertiary alicyclic amines) is 1. The number of nitrogens with two attached hydrogens (primary N) is 1. The van der Waals surface area contributed by atoms with Gasteiger partial charge in [0.25, 0.3) is 0 Å². The minimum absolute atomic E-state index is 0.00263. The summed E-state index contributed by atoms with van der Waals surface area (Å²) in [5.41, 5.74) is 7.46. The number of carboxylic acid groups (broad SMARTS) is 1. The van der Waals surface area contributed by atoms with Crippen LogP contribution in [-0.4, -0.2) is 106 Å². The number of piperidine rings is 1. The average molecular weight is 710 g/mol. The minimum atomic E-state index is -1.30. The molecular weight excluding hydrogens is 666 g/mol. The fourth-order valence-electron chi connectivity index (χ4n) is 6.20. The van der Waals surface area contributed by atoms with Crippen LogP contribution in [0.5, 0.6) is 0 Å². The van der Waals surface area contributed by atoms with Gasteiger partial charge in [-0.25, -0.2) is 9.59 Å². The van der Waals surface area contributed by atoms with Crippen molar-refractivity contribution >= 4 is 58.1 Å². The number of carbonyl (C=O) groups is 6. The highest BCUT2D eigenvalue weighted by atomic mass is 35.5. The fraction of sp³-hybridized carbons (Fsp3) is 0.429. The first-order chi connectivity index (χ1) is 24.0. The highest BCUT2D eigenvalue weighted by Gasteiger charge is 2.39. The van der Waals surface area contributed by atoms with Gasteiger partial charge in [-0.15, -0.1) is 11.6 Å². The normalized spacial score (nSPS) is 16.1. The Kier molecular flexibility index (Phi) is 13.6. The summed E-state index contributed by atoms with van der Waals surface area (Å²) in [6, 6.07) is 11.5. The number of likely N-dealkylation sites (N-methyl/N-ethyl adjacent to an activating group) is 1. The van der Waals surface area contributed by atoms with Gasteiger partial charge in [0, 0.05) is 50.1 Å². The number of hydrogen-bond donors (Lipinski definition) is 6. The number of H-pyrrole nitrogens is 1. The van der Waals surface area contributed by atoms with Crippen molar-refractivity contribution in [3.8, 4) is 0 Å². The second kappa shape index (κ2) is 18.0.